The molecular formula is C20H22FN3O2S. The lowest BCUT2D eigenvalue weighted by Gasteiger charge is -2.18. The zero-order chi connectivity index (χ0) is 19.4. The molecule has 27 heavy (non-hydrogen) atoms. The Kier molecular flexibility index (Phi) is 6.01. The quantitative estimate of drug-likeness (QED) is 0.561. The lowest BCUT2D eigenvalue weighted by atomic mass is 10.1. The molecule has 0 aliphatic heterocycles. The molecule has 142 valence electrons. The number of nitrogens with zero attached hydrogens (tertiary/aromatic N) is 3. The number of thiazole rings is 1. The molecule has 0 saturated heterocycles. The van der Waals surface area contributed by atoms with E-state index in [1.165, 1.54) is 30.6 Å². The van der Waals surface area contributed by atoms with Crippen LogP contribution in [0.15, 0.2) is 30.3 Å². The van der Waals surface area contributed by atoms with E-state index in [4.69, 9.17) is 9.72 Å². The Morgan fingerprint density at radius 2 is 2.07 bits per heavy atom. The van der Waals surface area contributed by atoms with Crippen molar-refractivity contribution < 1.29 is 13.9 Å². The summed E-state index contributed by atoms with van der Waals surface area (Å²) < 4.78 is 19.7. The third-order valence-corrected chi connectivity index (χ3v) is 5.31. The van der Waals surface area contributed by atoms with Gasteiger partial charge in [-0.2, -0.15) is 0 Å². The number of carbonyl (C=O) groups excluding carboxylic acids is 1. The molecule has 0 fully saturated rings. The summed E-state index contributed by atoms with van der Waals surface area (Å²) in [5.74, 6) is -0.786. The number of aromatic nitrogens is 2. The van der Waals surface area contributed by atoms with E-state index in [-0.39, 0.29) is 11.5 Å². The monoisotopic (exact) mass is 387 g/mol. The Balaban J connectivity index is 1.99. The van der Waals surface area contributed by atoms with Gasteiger partial charge in [-0.05, 0) is 43.2 Å². The average Bonchev–Trinajstić information content (AvgIpc) is 3.09. The third kappa shape index (κ3) is 4.24. The zero-order valence-corrected chi connectivity index (χ0v) is 16.5. The topological polar surface area (TPSA) is 55.3 Å². The van der Waals surface area contributed by atoms with Crippen molar-refractivity contribution in [1.82, 2.24) is 9.97 Å². The van der Waals surface area contributed by atoms with Gasteiger partial charge in [0.15, 0.2) is 5.13 Å². The van der Waals surface area contributed by atoms with Crippen molar-refractivity contribution in [3.8, 4) is 0 Å². The van der Waals surface area contributed by atoms with Crippen molar-refractivity contribution in [3.05, 3.63) is 53.1 Å². The normalized spacial score (nSPS) is 11.0. The molecule has 1 aromatic carbocycles. The van der Waals surface area contributed by atoms with Gasteiger partial charge >= 0.3 is 5.97 Å². The van der Waals surface area contributed by atoms with Crippen LogP contribution in [-0.4, -0.2) is 36.1 Å². The number of carbonyl (C=O) groups is 1. The van der Waals surface area contributed by atoms with Gasteiger partial charge in [0.1, 0.15) is 11.5 Å². The van der Waals surface area contributed by atoms with Crippen LogP contribution in [0.25, 0.3) is 10.2 Å². The van der Waals surface area contributed by atoms with Gasteiger partial charge in [0, 0.05) is 25.2 Å². The Labute approximate surface area is 161 Å². The third-order valence-electron chi connectivity index (χ3n) is 4.25. The second kappa shape index (κ2) is 8.43. The van der Waals surface area contributed by atoms with Crippen LogP contribution in [0.1, 0.15) is 42.0 Å². The van der Waals surface area contributed by atoms with E-state index in [1.54, 1.807) is 12.1 Å². The van der Waals surface area contributed by atoms with E-state index in [0.29, 0.717) is 12.1 Å². The highest BCUT2D eigenvalue weighted by atomic mass is 32.1. The molecule has 0 radical (unpaired) electrons. The molecule has 0 N–H and O–H groups in total. The molecule has 0 amide bonds. The molecule has 3 aromatic rings. The van der Waals surface area contributed by atoms with E-state index in [0.717, 1.165) is 40.4 Å². The number of esters is 1. The number of fused-ring (bicyclic) bond motifs is 1. The van der Waals surface area contributed by atoms with E-state index in [9.17, 15) is 9.18 Å². The summed E-state index contributed by atoms with van der Waals surface area (Å²) >= 11 is 1.50. The molecule has 7 heteroatoms. The maximum Gasteiger partial charge on any atom is 0.356 e. The first-order valence-corrected chi connectivity index (χ1v) is 9.75. The number of pyridine rings is 1. The van der Waals surface area contributed by atoms with Crippen LogP contribution in [0.4, 0.5) is 9.52 Å². The number of ether oxygens (including phenoxy) is 1. The summed E-state index contributed by atoms with van der Waals surface area (Å²) in [6.07, 6.45) is 1.41. The predicted octanol–water partition coefficient (Wildman–Crippen LogP) is 4.44. The minimum atomic E-state index is -0.490. The van der Waals surface area contributed by atoms with Gasteiger partial charge in [-0.1, -0.05) is 24.3 Å². The molecule has 5 nitrogen and oxygen atoms in total. The number of hydrogen-bond donors (Lipinski definition) is 0. The van der Waals surface area contributed by atoms with E-state index >= 15 is 0 Å². The Bertz CT molecular complexity index is 958. The molecule has 0 spiro atoms. The summed E-state index contributed by atoms with van der Waals surface area (Å²) in [7, 11) is 1.32. The van der Waals surface area contributed by atoms with Crippen LogP contribution < -0.4 is 4.90 Å². The van der Waals surface area contributed by atoms with Gasteiger partial charge < -0.3 is 9.64 Å². The second-order valence-corrected chi connectivity index (χ2v) is 7.18. The van der Waals surface area contributed by atoms with Crippen LogP contribution in [0.3, 0.4) is 0 Å². The fourth-order valence-corrected chi connectivity index (χ4v) is 4.10. The summed E-state index contributed by atoms with van der Waals surface area (Å²) in [4.78, 5) is 23.0. The lowest BCUT2D eigenvalue weighted by molar-refractivity contribution is 0.0593. The molecule has 0 bridgehead atoms. The summed E-state index contributed by atoms with van der Waals surface area (Å²) in [5.41, 5.74) is 2.45. The zero-order valence-electron chi connectivity index (χ0n) is 15.7. The maximum absolute atomic E-state index is 14.2. The van der Waals surface area contributed by atoms with Crippen molar-refractivity contribution in [2.24, 2.45) is 0 Å². The summed E-state index contributed by atoms with van der Waals surface area (Å²) in [5, 5.41) is 0.900. The van der Waals surface area contributed by atoms with Crippen molar-refractivity contribution in [2.75, 3.05) is 25.1 Å². The minimum Gasteiger partial charge on any atom is -0.464 e. The summed E-state index contributed by atoms with van der Waals surface area (Å²) in [6.45, 7) is 5.98. The van der Waals surface area contributed by atoms with Gasteiger partial charge in [-0.3, -0.25) is 0 Å². The van der Waals surface area contributed by atoms with E-state index < -0.39 is 5.97 Å². The van der Waals surface area contributed by atoms with Crippen LogP contribution >= 0.6 is 11.3 Å². The number of rotatable bonds is 7. The lowest BCUT2D eigenvalue weighted by Crippen LogP contribution is -2.23. The minimum absolute atomic E-state index is 0.238. The number of benzene rings is 1. The van der Waals surface area contributed by atoms with Crippen LogP contribution in [0, 0.1) is 5.82 Å². The fourth-order valence-electron chi connectivity index (χ4n) is 2.97. The van der Waals surface area contributed by atoms with Crippen LogP contribution in [0.2, 0.25) is 0 Å². The molecule has 0 aliphatic carbocycles. The molecule has 0 unspecified atom stereocenters. The van der Waals surface area contributed by atoms with E-state index in [1.807, 2.05) is 6.07 Å². The number of anilines is 1. The highest BCUT2D eigenvalue weighted by molar-refractivity contribution is 7.22. The van der Waals surface area contributed by atoms with Gasteiger partial charge in [0.2, 0.25) is 0 Å². The SMILES string of the molecule is CCCN(CC)c1nc2c(Cc3cccc(C(=O)OC)n3)cc(F)cc2s1. The van der Waals surface area contributed by atoms with Gasteiger partial charge in [-0.25, -0.2) is 19.2 Å². The summed E-state index contributed by atoms with van der Waals surface area (Å²) in [6, 6.07) is 8.18. The smallest absolute Gasteiger partial charge is 0.356 e. The van der Waals surface area contributed by atoms with Crippen molar-refractivity contribution >= 4 is 32.7 Å². The molecule has 0 atom stereocenters. The highest BCUT2D eigenvalue weighted by Gasteiger charge is 2.15. The first kappa shape index (κ1) is 19.2. The number of hydrogen-bond acceptors (Lipinski definition) is 6. The van der Waals surface area contributed by atoms with Crippen molar-refractivity contribution in [3.63, 3.8) is 0 Å². The second-order valence-electron chi connectivity index (χ2n) is 6.17. The van der Waals surface area contributed by atoms with Crippen molar-refractivity contribution in [1.29, 1.82) is 0 Å². The average molecular weight is 387 g/mol. The number of halogens is 1. The molecular weight excluding hydrogens is 365 g/mol. The highest BCUT2D eigenvalue weighted by Crippen LogP contribution is 2.32. The first-order chi connectivity index (χ1) is 13.0. The van der Waals surface area contributed by atoms with Gasteiger partial charge in [0.25, 0.3) is 0 Å². The van der Waals surface area contributed by atoms with Crippen molar-refractivity contribution in [2.45, 2.75) is 26.7 Å². The fraction of sp³-hybridized carbons (Fsp3) is 0.350. The van der Waals surface area contributed by atoms with Gasteiger partial charge in [-0.15, -0.1) is 0 Å². The Morgan fingerprint density at radius 3 is 2.78 bits per heavy atom. The largest absolute Gasteiger partial charge is 0.464 e. The van der Waals surface area contributed by atoms with Crippen LogP contribution in [0.5, 0.6) is 0 Å². The molecule has 0 saturated carbocycles. The maximum atomic E-state index is 14.2. The Morgan fingerprint density at radius 1 is 1.26 bits per heavy atom. The molecule has 2 heterocycles. The molecule has 0 aliphatic rings. The standard InChI is InChI=1S/C20H22FN3O2S/c1-4-9-24(5-2)20-23-18-13(10-14(21)12-17(18)27-20)11-15-7-6-8-16(22-15)19(25)26-3/h6-8,10,12H,4-5,9,11H2,1-3H3. The van der Waals surface area contributed by atoms with Gasteiger partial charge in [0.05, 0.1) is 17.3 Å². The predicted molar refractivity (Wildman–Crippen MR) is 106 cm³/mol. The van der Waals surface area contributed by atoms with E-state index in [2.05, 4.69) is 23.7 Å². The number of methoxy groups -OCH3 is 1. The molecule has 3 rings (SSSR count). The van der Waals surface area contributed by atoms with Crippen LogP contribution in [-0.2, 0) is 11.2 Å². The Hall–Kier alpha value is -2.54. The molecule has 2 aromatic heterocycles. The first-order valence-electron chi connectivity index (χ1n) is 8.93.